The summed E-state index contributed by atoms with van der Waals surface area (Å²) in [5.74, 6) is 0.544. The summed E-state index contributed by atoms with van der Waals surface area (Å²) in [6.07, 6.45) is 0. The predicted octanol–water partition coefficient (Wildman–Crippen LogP) is 4.46. The van der Waals surface area contributed by atoms with Crippen LogP contribution in [-0.2, 0) is 4.65 Å². The number of hydrogen-bond acceptors (Lipinski definition) is 4. The molecule has 141 valence electrons. The summed E-state index contributed by atoms with van der Waals surface area (Å²) in [5, 5.41) is 12.5. The lowest BCUT2D eigenvalue weighted by Gasteiger charge is -2.37. The Balaban J connectivity index is 1.73. The zero-order valence-corrected chi connectivity index (χ0v) is 16.6. The molecule has 1 aromatic heterocycles. The molecular formula is C23H23BNO3. The van der Waals surface area contributed by atoms with E-state index in [1.165, 1.54) is 0 Å². The molecule has 0 aliphatic rings. The van der Waals surface area contributed by atoms with Gasteiger partial charge in [0.05, 0.1) is 11.2 Å². The van der Waals surface area contributed by atoms with Crippen molar-refractivity contribution in [1.82, 2.24) is 4.98 Å². The maximum Gasteiger partial charge on any atom is 0.331 e. The third-order valence-corrected chi connectivity index (χ3v) is 5.43. The Hall–Kier alpha value is -2.63. The van der Waals surface area contributed by atoms with Crippen LogP contribution in [0.25, 0.3) is 33.3 Å². The summed E-state index contributed by atoms with van der Waals surface area (Å²) in [4.78, 5) is 4.77. The van der Waals surface area contributed by atoms with E-state index in [9.17, 15) is 5.11 Å². The zero-order chi connectivity index (χ0) is 19.9. The van der Waals surface area contributed by atoms with Crippen LogP contribution in [0.4, 0.5) is 0 Å². The van der Waals surface area contributed by atoms with Gasteiger partial charge in [0.2, 0.25) is 5.89 Å². The second kappa shape index (κ2) is 6.76. The van der Waals surface area contributed by atoms with Gasteiger partial charge >= 0.3 is 7.48 Å². The van der Waals surface area contributed by atoms with Crippen molar-refractivity contribution in [2.45, 2.75) is 38.9 Å². The van der Waals surface area contributed by atoms with E-state index in [2.05, 4.69) is 12.1 Å². The minimum absolute atomic E-state index is 0.544. The quantitative estimate of drug-likeness (QED) is 0.526. The van der Waals surface area contributed by atoms with Crippen LogP contribution in [0.1, 0.15) is 27.7 Å². The Morgan fingerprint density at radius 2 is 1.64 bits per heavy atom. The molecule has 0 atom stereocenters. The Bertz CT molecular complexity index is 1140. The molecular weight excluding hydrogens is 349 g/mol. The highest BCUT2D eigenvalue weighted by atomic mass is 16.5. The number of fused-ring (bicyclic) bond motifs is 3. The van der Waals surface area contributed by atoms with Gasteiger partial charge < -0.3 is 14.2 Å². The molecule has 0 fully saturated rings. The maximum absolute atomic E-state index is 10.3. The van der Waals surface area contributed by atoms with Gasteiger partial charge in [0, 0.05) is 10.9 Å². The van der Waals surface area contributed by atoms with Crippen LogP contribution in [0, 0.1) is 0 Å². The fraction of sp³-hybridized carbons (Fsp3) is 0.261. The van der Waals surface area contributed by atoms with Crippen molar-refractivity contribution in [3.05, 3.63) is 60.7 Å². The van der Waals surface area contributed by atoms with Crippen LogP contribution >= 0.6 is 0 Å². The monoisotopic (exact) mass is 372 g/mol. The zero-order valence-electron chi connectivity index (χ0n) is 16.6. The number of oxazole rings is 1. The van der Waals surface area contributed by atoms with Crippen molar-refractivity contribution in [1.29, 1.82) is 0 Å². The average Bonchev–Trinajstić information content (AvgIpc) is 3.10. The van der Waals surface area contributed by atoms with E-state index < -0.39 is 11.2 Å². The Labute approximate surface area is 165 Å². The van der Waals surface area contributed by atoms with E-state index in [4.69, 9.17) is 14.1 Å². The van der Waals surface area contributed by atoms with Crippen LogP contribution in [0.5, 0.6) is 0 Å². The first-order chi connectivity index (χ1) is 13.3. The number of benzene rings is 3. The van der Waals surface area contributed by atoms with Crippen molar-refractivity contribution in [3.8, 4) is 11.5 Å². The van der Waals surface area contributed by atoms with Gasteiger partial charge in [-0.15, -0.1) is 0 Å². The normalized spacial score (nSPS) is 12.6. The summed E-state index contributed by atoms with van der Waals surface area (Å²) in [6, 6.07) is 19.9. The molecule has 0 aliphatic heterocycles. The first-order valence-electron chi connectivity index (χ1n) is 9.37. The van der Waals surface area contributed by atoms with Crippen molar-refractivity contribution >= 4 is 34.8 Å². The van der Waals surface area contributed by atoms with E-state index in [1.54, 1.807) is 21.3 Å². The number of aromatic nitrogens is 1. The second-order valence-electron chi connectivity index (χ2n) is 8.04. The van der Waals surface area contributed by atoms with Crippen LogP contribution < -0.4 is 5.46 Å². The molecule has 1 N–H and O–H groups in total. The van der Waals surface area contributed by atoms with Crippen LogP contribution in [0.3, 0.4) is 0 Å². The van der Waals surface area contributed by atoms with Crippen molar-refractivity contribution in [2.24, 2.45) is 0 Å². The van der Waals surface area contributed by atoms with Gasteiger partial charge in [-0.3, -0.25) is 0 Å². The first-order valence-corrected chi connectivity index (χ1v) is 9.37. The van der Waals surface area contributed by atoms with Gasteiger partial charge in [0.15, 0.2) is 5.58 Å². The van der Waals surface area contributed by atoms with E-state index in [0.717, 1.165) is 32.9 Å². The van der Waals surface area contributed by atoms with E-state index >= 15 is 0 Å². The summed E-state index contributed by atoms with van der Waals surface area (Å²) in [7, 11) is 1.67. The molecule has 0 bridgehead atoms. The lowest BCUT2D eigenvalue weighted by Crippen LogP contribution is -2.49. The maximum atomic E-state index is 10.3. The highest BCUT2D eigenvalue weighted by Crippen LogP contribution is 2.29. The first kappa shape index (κ1) is 18.7. The van der Waals surface area contributed by atoms with E-state index in [1.807, 2.05) is 62.4 Å². The summed E-state index contributed by atoms with van der Waals surface area (Å²) in [5.41, 5.74) is 1.54. The molecule has 0 spiro atoms. The number of aliphatic hydroxyl groups is 1. The van der Waals surface area contributed by atoms with Crippen molar-refractivity contribution in [3.63, 3.8) is 0 Å². The third kappa shape index (κ3) is 3.32. The topological polar surface area (TPSA) is 55.5 Å². The molecule has 3 aromatic carbocycles. The number of rotatable bonds is 5. The fourth-order valence-corrected chi connectivity index (χ4v) is 2.93. The minimum atomic E-state index is -0.991. The standard InChI is InChI=1S/C23H23BNO3/c1-22(2,26)23(3,4)28-24-18-12-8-7-11-17(18)21-25-20-16-10-6-5-9-15(16)13-14-19(20)27-21/h5-14,26H,1-4H3. The molecule has 1 heterocycles. The highest BCUT2D eigenvalue weighted by molar-refractivity contribution is 6.49. The molecule has 4 nitrogen and oxygen atoms in total. The van der Waals surface area contributed by atoms with Crippen LogP contribution in [0.15, 0.2) is 65.1 Å². The largest absolute Gasteiger partial charge is 0.436 e. The van der Waals surface area contributed by atoms with Crippen LogP contribution in [-0.4, -0.2) is 28.8 Å². The molecule has 5 heteroatoms. The lowest BCUT2D eigenvalue weighted by molar-refractivity contribution is -0.0893. The molecule has 4 rings (SSSR count). The van der Waals surface area contributed by atoms with Gasteiger partial charge in [0.1, 0.15) is 5.52 Å². The molecule has 0 saturated heterocycles. The lowest BCUT2D eigenvalue weighted by atomic mass is 9.80. The summed E-state index contributed by atoms with van der Waals surface area (Å²) < 4.78 is 12.0. The van der Waals surface area contributed by atoms with Gasteiger partial charge in [-0.25, -0.2) is 4.98 Å². The molecule has 0 aliphatic carbocycles. The summed E-state index contributed by atoms with van der Waals surface area (Å²) >= 11 is 0. The molecule has 0 unspecified atom stereocenters. The number of hydrogen-bond donors (Lipinski definition) is 1. The highest BCUT2D eigenvalue weighted by Gasteiger charge is 2.36. The Kier molecular flexibility index (Phi) is 4.52. The van der Waals surface area contributed by atoms with Crippen molar-refractivity contribution < 1.29 is 14.2 Å². The van der Waals surface area contributed by atoms with E-state index in [0.29, 0.717) is 5.89 Å². The SMILES string of the molecule is CC(C)(O)C(C)(C)O[B]c1ccccc1-c1nc2c(ccc3ccccc32)o1. The van der Waals surface area contributed by atoms with E-state index in [-0.39, 0.29) is 0 Å². The van der Waals surface area contributed by atoms with Gasteiger partial charge in [-0.1, -0.05) is 54.6 Å². The van der Waals surface area contributed by atoms with Crippen LogP contribution in [0.2, 0.25) is 0 Å². The van der Waals surface area contributed by atoms with Gasteiger partial charge in [-0.2, -0.15) is 0 Å². The van der Waals surface area contributed by atoms with Gasteiger partial charge in [0.25, 0.3) is 0 Å². The average molecular weight is 372 g/mol. The molecule has 0 amide bonds. The number of nitrogens with zero attached hydrogens (tertiary/aromatic N) is 1. The fourth-order valence-electron chi connectivity index (χ4n) is 2.93. The van der Waals surface area contributed by atoms with Gasteiger partial charge in [-0.05, 0) is 44.6 Å². The molecule has 1 radical (unpaired) electrons. The molecule has 0 saturated carbocycles. The Morgan fingerprint density at radius 1 is 0.929 bits per heavy atom. The minimum Gasteiger partial charge on any atom is -0.436 e. The molecule has 28 heavy (non-hydrogen) atoms. The summed E-state index contributed by atoms with van der Waals surface area (Å²) in [6.45, 7) is 7.19. The second-order valence-corrected chi connectivity index (χ2v) is 8.04. The molecule has 4 aromatic rings. The van der Waals surface area contributed by atoms with Crippen molar-refractivity contribution in [2.75, 3.05) is 0 Å². The Morgan fingerprint density at radius 3 is 2.43 bits per heavy atom. The smallest absolute Gasteiger partial charge is 0.331 e. The predicted molar refractivity (Wildman–Crippen MR) is 114 cm³/mol. The third-order valence-electron chi connectivity index (χ3n) is 5.43.